The molecular formula is C11H20IN. The van der Waals surface area contributed by atoms with Gasteiger partial charge >= 0.3 is 0 Å². The highest BCUT2D eigenvalue weighted by molar-refractivity contribution is 14.1. The van der Waals surface area contributed by atoms with Crippen LogP contribution in [0.4, 0.5) is 0 Å². The Morgan fingerprint density at radius 3 is 2.46 bits per heavy atom. The van der Waals surface area contributed by atoms with E-state index >= 15 is 0 Å². The number of allylic oxidation sites excluding steroid dienone is 2. The van der Waals surface area contributed by atoms with Gasteiger partial charge in [-0.05, 0) is 39.2 Å². The zero-order valence-corrected chi connectivity index (χ0v) is 11.2. The van der Waals surface area contributed by atoms with Gasteiger partial charge in [0.25, 0.3) is 0 Å². The summed E-state index contributed by atoms with van der Waals surface area (Å²) in [6.45, 7) is 8.54. The number of hydrogen-bond donors (Lipinski definition) is 0. The summed E-state index contributed by atoms with van der Waals surface area (Å²) < 4.78 is 1.22. The number of nitrogens with zero attached hydrogens (tertiary/aromatic N) is 1. The molecule has 0 amide bonds. The van der Waals surface area contributed by atoms with Gasteiger partial charge in [-0.2, -0.15) is 0 Å². The first kappa shape index (κ1) is 13.1. The summed E-state index contributed by atoms with van der Waals surface area (Å²) in [5, 5.41) is 0. The summed E-state index contributed by atoms with van der Waals surface area (Å²) in [6.07, 6.45) is 7.43. The van der Waals surface area contributed by atoms with Gasteiger partial charge in [-0.25, -0.2) is 0 Å². The molecule has 2 heteroatoms. The van der Waals surface area contributed by atoms with Crippen LogP contribution in [0.3, 0.4) is 0 Å². The Morgan fingerprint density at radius 2 is 2.00 bits per heavy atom. The highest BCUT2D eigenvalue weighted by Gasteiger charge is 2.03. The molecule has 0 saturated carbocycles. The van der Waals surface area contributed by atoms with Crippen molar-refractivity contribution >= 4 is 28.8 Å². The minimum absolute atomic E-state index is 0.0524. The van der Waals surface area contributed by atoms with Crippen molar-refractivity contribution in [2.75, 3.05) is 4.43 Å². The average molecular weight is 293 g/mol. The third-order valence-electron chi connectivity index (χ3n) is 1.55. The van der Waals surface area contributed by atoms with E-state index in [1.165, 1.54) is 10.8 Å². The first-order valence-corrected chi connectivity index (χ1v) is 6.26. The Balaban J connectivity index is 3.80. The lowest BCUT2D eigenvalue weighted by Crippen LogP contribution is -2.08. The van der Waals surface area contributed by atoms with E-state index in [1.54, 1.807) is 0 Å². The maximum Gasteiger partial charge on any atom is 0.0524 e. The Bertz CT molecular complexity index is 177. The summed E-state index contributed by atoms with van der Waals surface area (Å²) in [6, 6.07) is 0. The summed E-state index contributed by atoms with van der Waals surface area (Å²) in [7, 11) is 0. The normalized spacial score (nSPS) is 15.8. The van der Waals surface area contributed by atoms with E-state index in [4.69, 9.17) is 0 Å². The lowest BCUT2D eigenvalue weighted by molar-refractivity contribution is 0.587. The van der Waals surface area contributed by atoms with Crippen molar-refractivity contribution in [2.24, 2.45) is 10.9 Å². The van der Waals surface area contributed by atoms with E-state index in [-0.39, 0.29) is 5.54 Å². The van der Waals surface area contributed by atoms with E-state index in [0.29, 0.717) is 5.92 Å². The minimum atomic E-state index is 0.0524. The van der Waals surface area contributed by atoms with Crippen LogP contribution in [0.5, 0.6) is 0 Å². The maximum atomic E-state index is 4.37. The molecule has 1 atom stereocenters. The summed E-state index contributed by atoms with van der Waals surface area (Å²) >= 11 is 2.41. The third-order valence-corrected chi connectivity index (χ3v) is 2.17. The van der Waals surface area contributed by atoms with Crippen LogP contribution in [0.25, 0.3) is 0 Å². The van der Waals surface area contributed by atoms with Crippen molar-refractivity contribution in [3.05, 3.63) is 12.2 Å². The van der Waals surface area contributed by atoms with Crippen molar-refractivity contribution in [3.8, 4) is 0 Å². The van der Waals surface area contributed by atoms with Gasteiger partial charge in [0, 0.05) is 10.6 Å². The van der Waals surface area contributed by atoms with Crippen LogP contribution in [0.2, 0.25) is 0 Å². The number of aliphatic imine (C=N–C) groups is 1. The molecule has 0 rings (SSSR count). The molecule has 1 nitrogen and oxygen atoms in total. The fourth-order valence-corrected chi connectivity index (χ4v) is 1.76. The summed E-state index contributed by atoms with van der Waals surface area (Å²) in [4.78, 5) is 4.37. The predicted octanol–water partition coefficient (Wildman–Crippen LogP) is 3.87. The van der Waals surface area contributed by atoms with Crippen LogP contribution in [0, 0.1) is 5.92 Å². The van der Waals surface area contributed by atoms with Gasteiger partial charge in [0.2, 0.25) is 0 Å². The zero-order valence-electron chi connectivity index (χ0n) is 9.05. The molecule has 76 valence electrons. The Morgan fingerprint density at radius 1 is 1.38 bits per heavy atom. The van der Waals surface area contributed by atoms with Crippen LogP contribution >= 0.6 is 22.6 Å². The second-order valence-electron chi connectivity index (χ2n) is 4.29. The molecular weight excluding hydrogens is 273 g/mol. The molecule has 0 fully saturated rings. The molecule has 13 heavy (non-hydrogen) atoms. The molecule has 1 unspecified atom stereocenters. The van der Waals surface area contributed by atoms with Crippen molar-refractivity contribution in [1.82, 2.24) is 0 Å². The molecule has 0 heterocycles. The zero-order chi connectivity index (χ0) is 10.3. The fourth-order valence-electron chi connectivity index (χ4n) is 0.774. The maximum absolute atomic E-state index is 4.37. The van der Waals surface area contributed by atoms with Crippen molar-refractivity contribution < 1.29 is 0 Å². The van der Waals surface area contributed by atoms with Crippen molar-refractivity contribution in [2.45, 2.75) is 39.7 Å². The molecule has 0 N–H and O–H groups in total. The SMILES string of the molecule is CC(/C=C/C=NC(C)(C)C)CCI. The van der Waals surface area contributed by atoms with Gasteiger partial charge in [-0.1, -0.05) is 35.6 Å². The molecule has 0 bridgehead atoms. The first-order valence-electron chi connectivity index (χ1n) is 4.73. The van der Waals surface area contributed by atoms with E-state index in [0.717, 1.165) is 0 Å². The molecule has 0 aromatic rings. The van der Waals surface area contributed by atoms with Crippen LogP contribution in [0.15, 0.2) is 17.1 Å². The quantitative estimate of drug-likeness (QED) is 0.424. The van der Waals surface area contributed by atoms with Crippen LogP contribution < -0.4 is 0 Å². The van der Waals surface area contributed by atoms with Crippen LogP contribution in [-0.2, 0) is 0 Å². The number of halogens is 1. The van der Waals surface area contributed by atoms with Gasteiger partial charge in [-0.3, -0.25) is 4.99 Å². The molecule has 0 aromatic carbocycles. The van der Waals surface area contributed by atoms with E-state index in [9.17, 15) is 0 Å². The highest BCUT2D eigenvalue weighted by atomic mass is 127. The molecule has 0 spiro atoms. The van der Waals surface area contributed by atoms with Crippen LogP contribution in [-0.4, -0.2) is 16.2 Å². The van der Waals surface area contributed by atoms with Crippen molar-refractivity contribution in [3.63, 3.8) is 0 Å². The Hall–Kier alpha value is 0.140. The molecule has 0 saturated heterocycles. The van der Waals surface area contributed by atoms with Crippen LogP contribution in [0.1, 0.15) is 34.1 Å². The van der Waals surface area contributed by atoms with E-state index in [2.05, 4.69) is 67.4 Å². The van der Waals surface area contributed by atoms with Gasteiger partial charge in [-0.15, -0.1) is 0 Å². The Labute approximate surface area is 95.9 Å². The molecule has 0 radical (unpaired) electrons. The van der Waals surface area contributed by atoms with Gasteiger partial charge < -0.3 is 0 Å². The molecule has 0 aliphatic heterocycles. The number of rotatable bonds is 4. The monoisotopic (exact) mass is 293 g/mol. The highest BCUT2D eigenvalue weighted by Crippen LogP contribution is 2.07. The van der Waals surface area contributed by atoms with Crippen molar-refractivity contribution in [1.29, 1.82) is 0 Å². The second-order valence-corrected chi connectivity index (χ2v) is 5.37. The summed E-state index contributed by atoms with van der Waals surface area (Å²) in [5.41, 5.74) is 0.0524. The lowest BCUT2D eigenvalue weighted by atomic mass is 10.1. The molecule has 0 aliphatic rings. The average Bonchev–Trinajstić information content (AvgIpc) is 1.97. The third kappa shape index (κ3) is 10.1. The standard InChI is InChI=1S/C11H20IN/c1-10(7-8-12)6-5-9-13-11(2,3)4/h5-6,9-10H,7-8H2,1-4H3/b6-5+,13-9?. The summed E-state index contributed by atoms with van der Waals surface area (Å²) in [5.74, 6) is 0.670. The first-order chi connectivity index (χ1) is 5.95. The number of hydrogen-bond acceptors (Lipinski definition) is 1. The van der Waals surface area contributed by atoms with E-state index < -0.39 is 0 Å². The second kappa shape index (κ2) is 6.57. The predicted molar refractivity (Wildman–Crippen MR) is 70.1 cm³/mol. The minimum Gasteiger partial charge on any atom is -0.287 e. The Kier molecular flexibility index (Phi) is 6.64. The molecule has 0 aromatic heterocycles. The van der Waals surface area contributed by atoms with Gasteiger partial charge in [0.05, 0.1) is 5.54 Å². The van der Waals surface area contributed by atoms with Gasteiger partial charge in [0.15, 0.2) is 0 Å². The number of alkyl halides is 1. The van der Waals surface area contributed by atoms with Gasteiger partial charge in [0.1, 0.15) is 0 Å². The lowest BCUT2D eigenvalue weighted by Gasteiger charge is -2.09. The smallest absolute Gasteiger partial charge is 0.0524 e. The largest absolute Gasteiger partial charge is 0.287 e. The topological polar surface area (TPSA) is 12.4 Å². The fraction of sp³-hybridized carbons (Fsp3) is 0.727. The van der Waals surface area contributed by atoms with E-state index in [1.807, 2.05) is 6.21 Å². The molecule has 0 aliphatic carbocycles.